The van der Waals surface area contributed by atoms with E-state index in [-0.39, 0.29) is 206 Å². The van der Waals surface area contributed by atoms with Gasteiger partial charge in [0.25, 0.3) is 20.2 Å². The zero-order valence-electron chi connectivity index (χ0n) is 23.3. The third-order valence-corrected chi connectivity index (χ3v) is 8.83. The van der Waals surface area contributed by atoms with E-state index in [0.29, 0.717) is 0 Å². The van der Waals surface area contributed by atoms with Gasteiger partial charge in [0.1, 0.15) is 30.0 Å². The maximum absolute atomic E-state index is 14.6. The summed E-state index contributed by atoms with van der Waals surface area (Å²) in [6.07, 6.45) is -14.3. The van der Waals surface area contributed by atoms with Gasteiger partial charge in [-0.3, -0.25) is 9.11 Å². The monoisotopic (exact) mass is 864 g/mol. The van der Waals surface area contributed by atoms with Gasteiger partial charge in [-0.2, -0.15) is 43.2 Å². The quantitative estimate of drug-likeness (QED) is 0.141. The van der Waals surface area contributed by atoms with E-state index in [1.54, 1.807) is 0 Å². The summed E-state index contributed by atoms with van der Waals surface area (Å²) in [5.74, 6) is -6.16. The van der Waals surface area contributed by atoms with Gasteiger partial charge in [-0.15, -0.1) is 0 Å². The minimum Gasteiger partial charge on any atom is -0.744 e. The molecule has 240 valence electrons. The number of carbonyl (C=O) groups is 2. The second-order valence-electron chi connectivity index (χ2n) is 7.87. The van der Waals surface area contributed by atoms with Crippen molar-refractivity contribution in [2.45, 2.75) is 37.3 Å². The number of rotatable bonds is 8. The molecule has 0 aliphatic carbocycles. The standard InChI is InChI=1S/C17H10F6O16S4.4K/c18-16(19,20)15(17(21,22)23,5-1-7(40(28,29)30)11(13(24)25)8(2-5)41(31,32)33)6-3-9(42(34,35)36)12(14(26)27)10(4-6)43(37,38)39;;;;/h1-4H,(H,24,25)(H,26,27)(H,28,29,30)(H,31,32,33)(H,34,35,36)(H,37,38,39);;;;/q;4*+1/p-4. The van der Waals surface area contributed by atoms with Gasteiger partial charge in [-0.25, -0.2) is 16.8 Å². The van der Waals surface area contributed by atoms with Gasteiger partial charge in [0.15, 0.2) is 0 Å². The number of hydrogen-bond donors (Lipinski definition) is 2. The molecule has 16 nitrogen and oxygen atoms in total. The van der Waals surface area contributed by atoms with Gasteiger partial charge in [0.2, 0.25) is 5.41 Å². The molecule has 0 aliphatic rings. The Kier molecular flexibility index (Phi) is 21.1. The average molecular weight is 865 g/mol. The fraction of sp³-hybridized carbons (Fsp3) is 0.176. The van der Waals surface area contributed by atoms with Crippen LogP contribution in [0.5, 0.6) is 0 Å². The van der Waals surface area contributed by atoms with Crippen molar-refractivity contribution in [3.8, 4) is 0 Å². The molecule has 0 bridgehead atoms. The van der Waals surface area contributed by atoms with E-state index in [1.807, 2.05) is 0 Å². The van der Waals surface area contributed by atoms with Crippen LogP contribution < -0.4 is 216 Å². The normalized spacial score (nSPS) is 12.8. The Morgan fingerprint density at radius 1 is 0.532 bits per heavy atom. The molecule has 0 saturated carbocycles. The van der Waals surface area contributed by atoms with Gasteiger partial charge in [-0.05, 0) is 35.4 Å². The number of alkyl halides is 6. The van der Waals surface area contributed by atoms with Gasteiger partial charge in [-0.1, -0.05) is 0 Å². The number of halogens is 6. The van der Waals surface area contributed by atoms with E-state index >= 15 is 0 Å². The van der Waals surface area contributed by atoms with Crippen LogP contribution in [0.3, 0.4) is 0 Å². The van der Waals surface area contributed by atoms with Crippen molar-refractivity contribution < 1.29 is 304 Å². The molecule has 47 heavy (non-hydrogen) atoms. The third-order valence-electron chi connectivity index (χ3n) is 5.35. The fourth-order valence-corrected chi connectivity index (χ4v) is 6.81. The molecular formula is C17H6F6K4O16S4. The SMILES string of the molecule is O=C([O-])c1c(S(=O)(=O)[O-])cc(C(c2cc(S(=O)(=O)O)c(C(=O)[O-])c(S(=O)(=O)O)c2)(C(F)(F)F)C(F)(F)F)cc1S(=O)(=O)[O-].[K+].[K+].[K+].[K+]. The molecule has 2 aromatic rings. The number of benzene rings is 2. The number of carboxylic acid groups (broad SMARTS) is 2. The summed E-state index contributed by atoms with van der Waals surface area (Å²) >= 11 is 0. The molecule has 0 atom stereocenters. The van der Waals surface area contributed by atoms with Crippen molar-refractivity contribution in [1.29, 1.82) is 0 Å². The van der Waals surface area contributed by atoms with Gasteiger partial charge < -0.3 is 28.9 Å². The van der Waals surface area contributed by atoms with Crippen LogP contribution in [-0.4, -0.2) is 76.2 Å². The van der Waals surface area contributed by atoms with Crippen LogP contribution >= 0.6 is 0 Å². The van der Waals surface area contributed by atoms with E-state index in [4.69, 9.17) is 0 Å². The summed E-state index contributed by atoms with van der Waals surface area (Å²) in [6.45, 7) is 0. The summed E-state index contributed by atoms with van der Waals surface area (Å²) < 4.78 is 223. The zero-order valence-corrected chi connectivity index (χ0v) is 39.1. The molecule has 0 radical (unpaired) electrons. The van der Waals surface area contributed by atoms with Crippen molar-refractivity contribution in [3.63, 3.8) is 0 Å². The number of aromatic carboxylic acids is 2. The number of carbonyl (C=O) groups excluding carboxylic acids is 2. The maximum atomic E-state index is 14.6. The minimum atomic E-state index is -7.15. The Labute approximate surface area is 429 Å². The first-order valence-corrected chi connectivity index (χ1v) is 15.3. The van der Waals surface area contributed by atoms with Crippen LogP contribution in [0.25, 0.3) is 0 Å². The van der Waals surface area contributed by atoms with Crippen molar-refractivity contribution >= 4 is 52.4 Å². The first-order chi connectivity index (χ1) is 18.8. The molecule has 0 saturated heterocycles. The first kappa shape index (κ1) is 54.5. The molecule has 2 aromatic carbocycles. The fourth-order valence-electron chi connectivity index (χ4n) is 3.80. The largest absolute Gasteiger partial charge is 1.00 e. The van der Waals surface area contributed by atoms with Crippen molar-refractivity contribution in [3.05, 3.63) is 46.5 Å². The van der Waals surface area contributed by atoms with Crippen LogP contribution in [0, 0.1) is 0 Å². The van der Waals surface area contributed by atoms with E-state index in [0.717, 1.165) is 0 Å². The second-order valence-corrected chi connectivity index (χ2v) is 13.3. The molecule has 2 rings (SSSR count). The maximum Gasteiger partial charge on any atom is 1.00 e. The molecule has 30 heteroatoms. The molecular weight excluding hydrogens is 859 g/mol. The van der Waals surface area contributed by atoms with Gasteiger partial charge in [0, 0.05) is 11.1 Å². The number of carboxylic acids is 2. The summed E-state index contributed by atoms with van der Waals surface area (Å²) in [7, 11) is -26.1. The Morgan fingerprint density at radius 3 is 0.915 bits per heavy atom. The van der Waals surface area contributed by atoms with Crippen LogP contribution in [0.1, 0.15) is 31.8 Å². The molecule has 0 fully saturated rings. The smallest absolute Gasteiger partial charge is 0.744 e. The summed E-state index contributed by atoms with van der Waals surface area (Å²) in [5.41, 5.74) is -17.1. The van der Waals surface area contributed by atoms with Crippen molar-refractivity contribution in [2.75, 3.05) is 0 Å². The third kappa shape index (κ3) is 11.6. The van der Waals surface area contributed by atoms with Crippen LogP contribution in [0.4, 0.5) is 26.3 Å². The topological polar surface area (TPSA) is 303 Å². The van der Waals surface area contributed by atoms with E-state index in [9.17, 15) is 98.0 Å². The Hall–Kier alpha value is 3.15. The zero-order chi connectivity index (χ0) is 34.1. The van der Waals surface area contributed by atoms with Crippen LogP contribution in [0.15, 0.2) is 43.8 Å². The summed E-state index contributed by atoms with van der Waals surface area (Å²) in [4.78, 5) is 12.0. The molecule has 2 N–H and O–H groups in total. The Balaban J connectivity index is -0.00000484. The second kappa shape index (κ2) is 18.2. The van der Waals surface area contributed by atoms with Crippen molar-refractivity contribution in [2.24, 2.45) is 0 Å². The minimum absolute atomic E-state index is 0. The Bertz CT molecular complexity index is 1760. The molecule has 0 amide bonds. The molecule has 0 aromatic heterocycles. The van der Waals surface area contributed by atoms with Crippen molar-refractivity contribution in [1.82, 2.24) is 0 Å². The Morgan fingerprint density at radius 2 is 0.745 bits per heavy atom. The first-order valence-electron chi connectivity index (χ1n) is 9.61. The summed E-state index contributed by atoms with van der Waals surface area (Å²) in [5, 5.41) is 22.8. The molecule has 0 aliphatic heterocycles. The number of hydrogen-bond acceptors (Lipinski definition) is 14. The summed E-state index contributed by atoms with van der Waals surface area (Å²) in [6, 6.07) is -4.18. The molecule has 0 heterocycles. The van der Waals surface area contributed by atoms with Crippen LogP contribution in [0.2, 0.25) is 0 Å². The van der Waals surface area contributed by atoms with Gasteiger partial charge in [0.05, 0.1) is 21.7 Å². The molecule has 0 spiro atoms. The molecule has 0 unspecified atom stereocenters. The average Bonchev–Trinajstić information content (AvgIpc) is 2.73. The van der Waals surface area contributed by atoms with E-state index < -0.39 is 136 Å². The van der Waals surface area contributed by atoms with E-state index in [1.165, 1.54) is 0 Å². The van der Waals surface area contributed by atoms with Crippen LogP contribution in [-0.2, 0) is 45.9 Å². The van der Waals surface area contributed by atoms with Gasteiger partial charge >= 0.3 is 218 Å². The predicted molar refractivity (Wildman–Crippen MR) is 110 cm³/mol. The predicted octanol–water partition coefficient (Wildman–Crippen LogP) is -13.9. The van der Waals surface area contributed by atoms with E-state index in [2.05, 4.69) is 0 Å².